The van der Waals surface area contributed by atoms with E-state index < -0.39 is 0 Å². The molecule has 1 fully saturated rings. The van der Waals surface area contributed by atoms with Crippen LogP contribution in [0.1, 0.15) is 68.1 Å². The second kappa shape index (κ2) is 8.26. The van der Waals surface area contributed by atoms with E-state index in [0.29, 0.717) is 6.04 Å². The van der Waals surface area contributed by atoms with E-state index >= 15 is 0 Å². The van der Waals surface area contributed by atoms with Crippen LogP contribution in [0.3, 0.4) is 0 Å². The lowest BCUT2D eigenvalue weighted by Crippen LogP contribution is -2.23. The summed E-state index contributed by atoms with van der Waals surface area (Å²) in [7, 11) is 0. The van der Waals surface area contributed by atoms with Crippen molar-refractivity contribution in [3.8, 4) is 0 Å². The fourth-order valence-corrected chi connectivity index (χ4v) is 4.41. The molecule has 5 rings (SSSR count). The standard InChI is InChI=1S/C23H27N7/c1-2-16-8-10-17(11-9-16)22(26-18-12-13-20-21(14-18)25-15-24-20)23-27-28-29-30(23)19-6-4-3-5-7-19/h8-15,19,22,26H,2-7H2,1H3,(H,24,25). The molecule has 0 radical (unpaired) electrons. The minimum Gasteiger partial charge on any atom is -0.371 e. The van der Waals surface area contributed by atoms with Crippen molar-refractivity contribution in [3.63, 3.8) is 0 Å². The van der Waals surface area contributed by atoms with Crippen molar-refractivity contribution in [2.24, 2.45) is 0 Å². The van der Waals surface area contributed by atoms with Crippen molar-refractivity contribution in [2.45, 2.75) is 57.5 Å². The predicted octanol–water partition coefficient (Wildman–Crippen LogP) is 4.82. The first-order chi connectivity index (χ1) is 14.8. The Bertz CT molecular complexity index is 1110. The lowest BCUT2D eigenvalue weighted by Gasteiger charge is -2.26. The Morgan fingerprint density at radius 3 is 2.73 bits per heavy atom. The van der Waals surface area contributed by atoms with Gasteiger partial charge in [0.2, 0.25) is 0 Å². The van der Waals surface area contributed by atoms with Gasteiger partial charge >= 0.3 is 0 Å². The quantitative estimate of drug-likeness (QED) is 0.484. The van der Waals surface area contributed by atoms with Crippen molar-refractivity contribution < 1.29 is 0 Å². The van der Waals surface area contributed by atoms with Gasteiger partial charge < -0.3 is 10.3 Å². The van der Waals surface area contributed by atoms with Gasteiger partial charge in [0.25, 0.3) is 0 Å². The van der Waals surface area contributed by atoms with E-state index in [-0.39, 0.29) is 6.04 Å². The largest absolute Gasteiger partial charge is 0.371 e. The number of rotatable bonds is 6. The van der Waals surface area contributed by atoms with Gasteiger partial charge in [0, 0.05) is 5.69 Å². The Hall–Kier alpha value is -3.22. The summed E-state index contributed by atoms with van der Waals surface area (Å²) < 4.78 is 2.05. The van der Waals surface area contributed by atoms with Crippen LogP contribution in [0.5, 0.6) is 0 Å². The number of tetrazole rings is 1. The van der Waals surface area contributed by atoms with E-state index in [4.69, 9.17) is 0 Å². The number of hydrogen-bond donors (Lipinski definition) is 2. The SMILES string of the molecule is CCc1ccc(C(Nc2ccc3[nH]cnc3c2)c2nnnn2C2CCCCC2)cc1. The first-order valence-corrected chi connectivity index (χ1v) is 10.9. The van der Waals surface area contributed by atoms with Gasteiger partial charge in [0.1, 0.15) is 6.04 Å². The molecule has 1 atom stereocenters. The minimum absolute atomic E-state index is 0.135. The second-order valence-corrected chi connectivity index (χ2v) is 8.08. The minimum atomic E-state index is -0.135. The molecule has 1 unspecified atom stereocenters. The molecule has 4 aromatic rings. The third-order valence-electron chi connectivity index (χ3n) is 6.15. The van der Waals surface area contributed by atoms with Crippen LogP contribution >= 0.6 is 0 Å². The number of fused-ring (bicyclic) bond motifs is 1. The van der Waals surface area contributed by atoms with Crippen LogP contribution in [0.2, 0.25) is 0 Å². The van der Waals surface area contributed by atoms with Crippen molar-refractivity contribution >= 4 is 16.7 Å². The Morgan fingerprint density at radius 2 is 1.93 bits per heavy atom. The molecular weight excluding hydrogens is 374 g/mol. The molecule has 30 heavy (non-hydrogen) atoms. The molecule has 154 valence electrons. The molecule has 1 saturated carbocycles. The highest BCUT2D eigenvalue weighted by atomic mass is 15.6. The Morgan fingerprint density at radius 1 is 1.10 bits per heavy atom. The van der Waals surface area contributed by atoms with Crippen LogP contribution < -0.4 is 5.32 Å². The summed E-state index contributed by atoms with van der Waals surface area (Å²) in [5.41, 5.74) is 5.43. The van der Waals surface area contributed by atoms with Gasteiger partial charge in [-0.25, -0.2) is 9.67 Å². The van der Waals surface area contributed by atoms with E-state index in [0.717, 1.165) is 47.4 Å². The monoisotopic (exact) mass is 401 g/mol. The maximum atomic E-state index is 4.48. The number of aryl methyl sites for hydroxylation is 1. The molecule has 2 N–H and O–H groups in total. The number of hydrogen-bond acceptors (Lipinski definition) is 5. The van der Waals surface area contributed by atoms with Crippen molar-refractivity contribution in [1.82, 2.24) is 30.2 Å². The van der Waals surface area contributed by atoms with Crippen LogP contribution in [0.25, 0.3) is 11.0 Å². The van der Waals surface area contributed by atoms with Crippen molar-refractivity contribution in [1.29, 1.82) is 0 Å². The highest BCUT2D eigenvalue weighted by molar-refractivity contribution is 5.78. The van der Waals surface area contributed by atoms with Gasteiger partial charge in [-0.1, -0.05) is 50.5 Å². The first kappa shape index (κ1) is 18.8. The summed E-state index contributed by atoms with van der Waals surface area (Å²) in [5.74, 6) is 0.869. The Balaban J connectivity index is 1.53. The molecule has 7 heteroatoms. The number of aromatic amines is 1. The van der Waals surface area contributed by atoms with Gasteiger partial charge in [-0.3, -0.25) is 0 Å². The number of imidazole rings is 1. The van der Waals surface area contributed by atoms with E-state index in [2.05, 4.69) is 78.8 Å². The van der Waals surface area contributed by atoms with Crippen LogP contribution in [-0.2, 0) is 6.42 Å². The predicted molar refractivity (Wildman–Crippen MR) is 117 cm³/mol. The van der Waals surface area contributed by atoms with Gasteiger partial charge in [-0.15, -0.1) is 5.10 Å². The summed E-state index contributed by atoms with van der Waals surface area (Å²) >= 11 is 0. The second-order valence-electron chi connectivity index (χ2n) is 8.08. The summed E-state index contributed by atoms with van der Waals surface area (Å²) in [6.45, 7) is 2.17. The van der Waals surface area contributed by atoms with Gasteiger partial charge in [-0.05, 0) is 59.0 Å². The molecule has 0 bridgehead atoms. The zero-order chi connectivity index (χ0) is 20.3. The molecule has 2 heterocycles. The molecule has 1 aliphatic carbocycles. The van der Waals surface area contributed by atoms with Gasteiger partial charge in [0.05, 0.1) is 23.4 Å². The molecule has 2 aromatic heterocycles. The molecule has 0 spiro atoms. The normalized spacial score (nSPS) is 16.0. The summed E-state index contributed by atoms with van der Waals surface area (Å²) in [6, 6.07) is 15.2. The number of aromatic nitrogens is 6. The molecule has 7 nitrogen and oxygen atoms in total. The van der Waals surface area contributed by atoms with Gasteiger partial charge in [-0.2, -0.15) is 0 Å². The number of nitrogens with zero attached hydrogens (tertiary/aromatic N) is 5. The zero-order valence-electron chi connectivity index (χ0n) is 17.3. The lowest BCUT2D eigenvalue weighted by molar-refractivity contribution is 0.315. The first-order valence-electron chi connectivity index (χ1n) is 10.9. The van der Waals surface area contributed by atoms with Gasteiger partial charge in [0.15, 0.2) is 5.82 Å². The summed E-state index contributed by atoms with van der Waals surface area (Å²) in [5, 5.41) is 16.6. The van der Waals surface area contributed by atoms with Crippen LogP contribution in [0, 0.1) is 0 Å². The van der Waals surface area contributed by atoms with Crippen LogP contribution in [0.4, 0.5) is 5.69 Å². The smallest absolute Gasteiger partial charge is 0.178 e. The highest BCUT2D eigenvalue weighted by Crippen LogP contribution is 2.32. The average Bonchev–Trinajstić information content (AvgIpc) is 3.47. The third-order valence-corrected chi connectivity index (χ3v) is 6.15. The highest BCUT2D eigenvalue weighted by Gasteiger charge is 2.26. The maximum Gasteiger partial charge on any atom is 0.178 e. The molecule has 0 aliphatic heterocycles. The van der Waals surface area contributed by atoms with Crippen molar-refractivity contribution in [3.05, 3.63) is 65.7 Å². The number of benzene rings is 2. The number of anilines is 1. The fourth-order valence-electron chi connectivity index (χ4n) is 4.41. The zero-order valence-corrected chi connectivity index (χ0v) is 17.3. The van der Waals surface area contributed by atoms with Crippen molar-refractivity contribution in [2.75, 3.05) is 5.32 Å². The fraction of sp³-hybridized carbons (Fsp3) is 0.391. The maximum absolute atomic E-state index is 4.48. The Labute approximate surface area is 175 Å². The van der Waals surface area contributed by atoms with E-state index in [9.17, 15) is 0 Å². The van der Waals surface area contributed by atoms with Crippen LogP contribution in [-0.4, -0.2) is 30.2 Å². The molecular formula is C23H27N7. The van der Waals surface area contributed by atoms with E-state index in [1.807, 2.05) is 6.07 Å². The number of nitrogens with one attached hydrogen (secondary N) is 2. The Kier molecular flexibility index (Phi) is 5.17. The molecule has 1 aliphatic rings. The van der Waals surface area contributed by atoms with Crippen LogP contribution in [0.15, 0.2) is 48.8 Å². The third kappa shape index (κ3) is 3.67. The lowest BCUT2D eigenvalue weighted by atomic mass is 9.95. The molecule has 2 aromatic carbocycles. The topological polar surface area (TPSA) is 84.3 Å². The summed E-state index contributed by atoms with van der Waals surface area (Å²) in [6.07, 6.45) is 8.80. The molecule has 0 amide bonds. The average molecular weight is 402 g/mol. The molecule has 0 saturated heterocycles. The van der Waals surface area contributed by atoms with E-state index in [1.165, 1.54) is 24.8 Å². The summed E-state index contributed by atoms with van der Waals surface area (Å²) in [4.78, 5) is 7.54. The van der Waals surface area contributed by atoms with E-state index in [1.54, 1.807) is 6.33 Å². The number of H-pyrrole nitrogens is 1.